The standard InChI is InChI=1S/C16H16ClNO3/c1-18(10-12-5-3-4-6-13(12)17)16(20)11-7-8-15(21-2)14(19)9-11/h3-9,19H,10H2,1-2H3. The Labute approximate surface area is 128 Å². The average Bonchev–Trinajstić information content (AvgIpc) is 2.48. The number of phenols is 1. The highest BCUT2D eigenvalue weighted by Gasteiger charge is 2.15. The molecular weight excluding hydrogens is 290 g/mol. The molecule has 0 aliphatic heterocycles. The molecule has 21 heavy (non-hydrogen) atoms. The van der Waals surface area contributed by atoms with Crippen molar-refractivity contribution in [2.24, 2.45) is 0 Å². The third kappa shape index (κ3) is 3.47. The van der Waals surface area contributed by atoms with Crippen LogP contribution in [-0.4, -0.2) is 30.1 Å². The first kappa shape index (κ1) is 15.2. The molecule has 0 aliphatic rings. The fourth-order valence-corrected chi connectivity index (χ4v) is 2.19. The highest BCUT2D eigenvalue weighted by molar-refractivity contribution is 6.31. The van der Waals surface area contributed by atoms with Crippen LogP contribution in [0, 0.1) is 0 Å². The molecule has 0 saturated carbocycles. The Morgan fingerprint density at radius 3 is 2.62 bits per heavy atom. The van der Waals surface area contributed by atoms with E-state index in [1.807, 2.05) is 18.2 Å². The first-order chi connectivity index (χ1) is 10.0. The van der Waals surface area contributed by atoms with Crippen LogP contribution in [0.15, 0.2) is 42.5 Å². The van der Waals surface area contributed by atoms with Crippen LogP contribution >= 0.6 is 11.6 Å². The lowest BCUT2D eigenvalue weighted by molar-refractivity contribution is 0.0784. The number of ether oxygens (including phenoxy) is 1. The van der Waals surface area contributed by atoms with Gasteiger partial charge in [-0.2, -0.15) is 0 Å². The van der Waals surface area contributed by atoms with Gasteiger partial charge in [0.2, 0.25) is 0 Å². The van der Waals surface area contributed by atoms with Gasteiger partial charge in [-0.05, 0) is 29.8 Å². The summed E-state index contributed by atoms with van der Waals surface area (Å²) in [6.07, 6.45) is 0. The van der Waals surface area contributed by atoms with E-state index < -0.39 is 0 Å². The van der Waals surface area contributed by atoms with Crippen molar-refractivity contribution in [1.29, 1.82) is 0 Å². The highest BCUT2D eigenvalue weighted by Crippen LogP contribution is 2.27. The van der Waals surface area contributed by atoms with Gasteiger partial charge in [0.05, 0.1) is 7.11 Å². The van der Waals surface area contributed by atoms with E-state index in [0.29, 0.717) is 22.9 Å². The fourth-order valence-electron chi connectivity index (χ4n) is 2.00. The summed E-state index contributed by atoms with van der Waals surface area (Å²) in [7, 11) is 3.15. The van der Waals surface area contributed by atoms with Crippen molar-refractivity contribution in [3.8, 4) is 11.5 Å². The van der Waals surface area contributed by atoms with E-state index >= 15 is 0 Å². The average molecular weight is 306 g/mol. The SMILES string of the molecule is COc1ccc(C(=O)N(C)Cc2ccccc2Cl)cc1O. The maximum absolute atomic E-state index is 12.3. The Kier molecular flexibility index (Phi) is 4.70. The van der Waals surface area contributed by atoms with Crippen LogP contribution in [0.1, 0.15) is 15.9 Å². The zero-order valence-electron chi connectivity index (χ0n) is 11.8. The summed E-state index contributed by atoms with van der Waals surface area (Å²) in [5.41, 5.74) is 1.26. The highest BCUT2D eigenvalue weighted by atomic mass is 35.5. The van der Waals surface area contributed by atoms with E-state index in [4.69, 9.17) is 16.3 Å². The fraction of sp³-hybridized carbons (Fsp3) is 0.188. The van der Waals surface area contributed by atoms with Gasteiger partial charge in [-0.3, -0.25) is 4.79 Å². The first-order valence-corrected chi connectivity index (χ1v) is 6.76. The van der Waals surface area contributed by atoms with Crippen molar-refractivity contribution in [3.05, 3.63) is 58.6 Å². The van der Waals surface area contributed by atoms with Crippen LogP contribution in [0.4, 0.5) is 0 Å². The number of rotatable bonds is 4. The molecule has 0 bridgehead atoms. The monoisotopic (exact) mass is 305 g/mol. The number of hydrogen-bond acceptors (Lipinski definition) is 3. The maximum Gasteiger partial charge on any atom is 0.254 e. The number of aromatic hydroxyl groups is 1. The van der Waals surface area contributed by atoms with Crippen LogP contribution < -0.4 is 4.74 Å². The van der Waals surface area contributed by atoms with Gasteiger partial charge in [0.25, 0.3) is 5.91 Å². The van der Waals surface area contributed by atoms with Crippen molar-refractivity contribution in [2.75, 3.05) is 14.2 Å². The minimum atomic E-state index is -0.201. The quantitative estimate of drug-likeness (QED) is 0.942. The second-order valence-electron chi connectivity index (χ2n) is 4.64. The van der Waals surface area contributed by atoms with Crippen molar-refractivity contribution in [3.63, 3.8) is 0 Å². The molecule has 4 nitrogen and oxygen atoms in total. The lowest BCUT2D eigenvalue weighted by atomic mass is 10.1. The van der Waals surface area contributed by atoms with Gasteiger partial charge < -0.3 is 14.7 Å². The maximum atomic E-state index is 12.3. The Hall–Kier alpha value is -2.20. The summed E-state index contributed by atoms with van der Waals surface area (Å²) in [6.45, 7) is 0.394. The van der Waals surface area contributed by atoms with Gasteiger partial charge in [-0.1, -0.05) is 29.8 Å². The molecule has 110 valence electrons. The molecule has 1 amide bonds. The molecule has 0 radical (unpaired) electrons. The minimum Gasteiger partial charge on any atom is -0.504 e. The van der Waals surface area contributed by atoms with Gasteiger partial charge in [0.15, 0.2) is 11.5 Å². The summed E-state index contributed by atoms with van der Waals surface area (Å²) in [5.74, 6) is 0.0719. The lowest BCUT2D eigenvalue weighted by Crippen LogP contribution is -2.26. The van der Waals surface area contributed by atoms with Crippen molar-refractivity contribution >= 4 is 17.5 Å². The molecule has 2 aromatic rings. The summed E-state index contributed by atoms with van der Waals surface area (Å²) >= 11 is 6.09. The molecule has 0 aliphatic carbocycles. The van der Waals surface area contributed by atoms with Gasteiger partial charge in [-0.25, -0.2) is 0 Å². The molecule has 0 aromatic heterocycles. The van der Waals surface area contributed by atoms with Crippen LogP contribution in [0.5, 0.6) is 11.5 Å². The van der Waals surface area contributed by atoms with Crippen LogP contribution in [0.2, 0.25) is 5.02 Å². The van der Waals surface area contributed by atoms with Gasteiger partial charge in [0.1, 0.15) is 0 Å². The third-order valence-corrected chi connectivity index (χ3v) is 3.51. The van der Waals surface area contributed by atoms with Crippen molar-refractivity contribution in [2.45, 2.75) is 6.54 Å². The molecule has 1 N–H and O–H groups in total. The Morgan fingerprint density at radius 1 is 1.29 bits per heavy atom. The van der Waals surface area contributed by atoms with Gasteiger partial charge >= 0.3 is 0 Å². The molecule has 0 saturated heterocycles. The van der Waals surface area contributed by atoms with Crippen molar-refractivity contribution < 1.29 is 14.6 Å². The number of hydrogen-bond donors (Lipinski definition) is 1. The van der Waals surface area contributed by atoms with E-state index in [1.165, 1.54) is 13.2 Å². The number of phenolic OH excluding ortho intramolecular Hbond substituents is 1. The minimum absolute atomic E-state index is 0.0607. The molecule has 5 heteroatoms. The Bertz CT molecular complexity index is 658. The molecule has 0 atom stereocenters. The second-order valence-corrected chi connectivity index (χ2v) is 5.05. The zero-order chi connectivity index (χ0) is 15.4. The number of amides is 1. The molecular formula is C16H16ClNO3. The topological polar surface area (TPSA) is 49.8 Å². The summed E-state index contributed by atoms with van der Waals surface area (Å²) in [4.78, 5) is 13.9. The number of methoxy groups -OCH3 is 1. The molecule has 0 fully saturated rings. The second kappa shape index (κ2) is 6.50. The number of benzene rings is 2. The smallest absolute Gasteiger partial charge is 0.254 e. The number of nitrogens with zero attached hydrogens (tertiary/aromatic N) is 1. The molecule has 0 unspecified atom stereocenters. The lowest BCUT2D eigenvalue weighted by Gasteiger charge is -2.18. The van der Waals surface area contributed by atoms with Crippen LogP contribution in [0.25, 0.3) is 0 Å². The Balaban J connectivity index is 2.16. The largest absolute Gasteiger partial charge is 0.504 e. The molecule has 0 spiro atoms. The number of carbonyl (C=O) groups is 1. The van der Waals surface area contributed by atoms with Gasteiger partial charge in [0, 0.05) is 24.2 Å². The van der Waals surface area contributed by atoms with E-state index in [2.05, 4.69) is 0 Å². The van der Waals surface area contributed by atoms with Crippen molar-refractivity contribution in [1.82, 2.24) is 4.90 Å². The summed E-state index contributed by atoms with van der Waals surface area (Å²) in [6, 6.07) is 11.9. The summed E-state index contributed by atoms with van der Waals surface area (Å²) < 4.78 is 4.96. The predicted molar refractivity (Wildman–Crippen MR) is 81.9 cm³/mol. The molecule has 2 rings (SSSR count). The number of halogens is 1. The van der Waals surface area contributed by atoms with Crippen LogP contribution in [0.3, 0.4) is 0 Å². The first-order valence-electron chi connectivity index (χ1n) is 6.39. The third-order valence-electron chi connectivity index (χ3n) is 3.14. The van der Waals surface area contributed by atoms with Crippen LogP contribution in [-0.2, 0) is 6.54 Å². The van der Waals surface area contributed by atoms with E-state index in [0.717, 1.165) is 5.56 Å². The predicted octanol–water partition coefficient (Wildman–Crippen LogP) is 3.33. The number of carbonyl (C=O) groups excluding carboxylic acids is 1. The molecule has 0 heterocycles. The Morgan fingerprint density at radius 2 is 2.00 bits per heavy atom. The zero-order valence-corrected chi connectivity index (χ0v) is 12.6. The summed E-state index contributed by atoms with van der Waals surface area (Å²) in [5, 5.41) is 10.4. The van der Waals surface area contributed by atoms with Gasteiger partial charge in [-0.15, -0.1) is 0 Å². The van der Waals surface area contributed by atoms with E-state index in [9.17, 15) is 9.90 Å². The van der Waals surface area contributed by atoms with E-state index in [-0.39, 0.29) is 11.7 Å². The normalized spacial score (nSPS) is 10.2. The van der Waals surface area contributed by atoms with E-state index in [1.54, 1.807) is 30.1 Å². The molecule has 2 aromatic carbocycles.